The fraction of sp³-hybridized carbons (Fsp3) is 0.716. The lowest BCUT2D eigenvalue weighted by molar-refractivity contribution is -0.157. The van der Waals surface area contributed by atoms with Crippen LogP contribution in [0.15, 0.2) is 18.2 Å². The standard InChI is InChI=1S/C67H111N13O14/c1-24-44-62(88)74(17)33-52(81)75(18)47(27-34(2)3)59(85)73-53(38(10)11)65(91)76(19)48(28-35(4)5)58(84)68-41(15)57(83)69-42(16)61(87)77(20)49(29-36(6)7)63(89)78(21)50(30-37(8)9)64(90)79(22)54(39(12)13)66(92)80(23)55(60(86)72-44)56(82)40(14)31-51-70-45-26-25-43(67(93)94)32-46(45)71-51/h25-26,32,34-42,44,47-50,53-56,82H,24,27-31,33H2,1-23H3,(H,68,84)(H,69,83)(H,70,71)(H,72,86)(H,73,85)(H,93,94). The van der Waals surface area contributed by atoms with Crippen LogP contribution in [0.25, 0.3) is 11.0 Å². The van der Waals surface area contributed by atoms with Gasteiger partial charge in [-0.05, 0) is 106 Å². The molecule has 2 aromatic rings. The van der Waals surface area contributed by atoms with Crippen molar-refractivity contribution in [2.75, 3.05) is 55.9 Å². The number of aliphatic hydroxyl groups excluding tert-OH is 1. The molecular weight excluding hydrogens is 1210 g/mol. The summed E-state index contributed by atoms with van der Waals surface area (Å²) in [5.41, 5.74) is 0.819. The number of nitrogens with zero attached hydrogens (tertiary/aromatic N) is 8. The fourth-order valence-corrected chi connectivity index (χ4v) is 11.9. The van der Waals surface area contributed by atoms with Crippen LogP contribution < -0.4 is 21.3 Å². The van der Waals surface area contributed by atoms with Gasteiger partial charge in [-0.1, -0.05) is 96.9 Å². The summed E-state index contributed by atoms with van der Waals surface area (Å²) in [4.78, 5) is 189. The van der Waals surface area contributed by atoms with E-state index in [2.05, 4.69) is 31.2 Å². The Kier molecular flexibility index (Phi) is 30.1. The third-order valence-electron chi connectivity index (χ3n) is 17.6. The predicted octanol–water partition coefficient (Wildman–Crippen LogP) is 3.12. The van der Waals surface area contributed by atoms with Crippen molar-refractivity contribution >= 4 is 82.0 Å². The van der Waals surface area contributed by atoms with E-state index in [1.165, 1.54) is 106 Å². The summed E-state index contributed by atoms with van der Waals surface area (Å²) in [5, 5.41) is 33.1. The van der Waals surface area contributed by atoms with E-state index in [0.29, 0.717) is 16.9 Å². The molecule has 0 spiro atoms. The largest absolute Gasteiger partial charge is 0.478 e. The van der Waals surface area contributed by atoms with E-state index in [9.17, 15) is 48.6 Å². The number of aromatic nitrogens is 2. The second-order valence-corrected chi connectivity index (χ2v) is 28.2. The van der Waals surface area contributed by atoms with Crippen molar-refractivity contribution < 1.29 is 67.7 Å². The van der Waals surface area contributed by atoms with Crippen LogP contribution >= 0.6 is 0 Å². The number of benzene rings is 1. The Hall–Kier alpha value is -7.71. The molecule has 3 rings (SSSR count). The minimum atomic E-state index is -1.78. The maximum atomic E-state index is 15.4. The zero-order chi connectivity index (χ0) is 72.0. The number of hydrogen-bond acceptors (Lipinski definition) is 14. The Morgan fingerprint density at radius 1 is 0.521 bits per heavy atom. The number of rotatable bonds is 16. The fourth-order valence-electron chi connectivity index (χ4n) is 11.9. The Morgan fingerprint density at radius 2 is 0.979 bits per heavy atom. The monoisotopic (exact) mass is 1320 g/mol. The van der Waals surface area contributed by atoms with E-state index in [0.717, 1.165) is 9.80 Å². The number of carboxylic acids is 1. The zero-order valence-electron chi connectivity index (χ0n) is 59.9. The number of carbonyl (C=O) groups excluding carboxylic acids is 11. The Morgan fingerprint density at radius 3 is 1.47 bits per heavy atom. The first-order valence-corrected chi connectivity index (χ1v) is 33.0. The molecule has 1 aromatic carbocycles. The lowest BCUT2D eigenvalue weighted by Gasteiger charge is -2.41. The molecule has 12 unspecified atom stereocenters. The normalized spacial score (nSPS) is 25.4. The number of carbonyl (C=O) groups is 12. The molecule has 1 aliphatic heterocycles. The van der Waals surface area contributed by atoms with Crippen molar-refractivity contribution in [2.45, 2.75) is 216 Å². The molecule has 2 heterocycles. The van der Waals surface area contributed by atoms with Gasteiger partial charge >= 0.3 is 5.97 Å². The molecule has 27 nitrogen and oxygen atoms in total. The van der Waals surface area contributed by atoms with Crippen molar-refractivity contribution in [3.63, 3.8) is 0 Å². The number of nitrogens with one attached hydrogen (secondary N) is 5. The van der Waals surface area contributed by atoms with Crippen molar-refractivity contribution in [2.24, 2.45) is 41.4 Å². The predicted molar refractivity (Wildman–Crippen MR) is 356 cm³/mol. The van der Waals surface area contributed by atoms with Gasteiger partial charge in [0.05, 0.1) is 29.2 Å². The third-order valence-corrected chi connectivity index (χ3v) is 17.6. The lowest BCUT2D eigenvalue weighted by Crippen LogP contribution is -2.63. The van der Waals surface area contributed by atoms with Crippen LogP contribution in [0.5, 0.6) is 0 Å². The van der Waals surface area contributed by atoms with Crippen LogP contribution in [0.1, 0.15) is 159 Å². The molecule has 1 aromatic heterocycles. The van der Waals surface area contributed by atoms with Gasteiger partial charge in [0.25, 0.3) is 0 Å². The van der Waals surface area contributed by atoms with Gasteiger partial charge in [-0.25, -0.2) is 9.78 Å². The molecule has 528 valence electrons. The number of fused-ring (bicyclic) bond motifs is 1. The molecule has 1 fully saturated rings. The number of aliphatic hydroxyl groups is 1. The molecule has 0 radical (unpaired) electrons. The first-order valence-electron chi connectivity index (χ1n) is 33.0. The van der Waals surface area contributed by atoms with Gasteiger partial charge in [-0.3, -0.25) is 52.7 Å². The second-order valence-electron chi connectivity index (χ2n) is 28.2. The van der Waals surface area contributed by atoms with Crippen LogP contribution in [-0.4, -0.2) is 248 Å². The van der Waals surface area contributed by atoms with Crippen LogP contribution in [-0.2, 0) is 59.2 Å². The summed E-state index contributed by atoms with van der Waals surface area (Å²) in [6.45, 7) is 27.1. The molecule has 94 heavy (non-hydrogen) atoms. The number of hydrogen-bond donors (Lipinski definition) is 7. The smallest absolute Gasteiger partial charge is 0.335 e. The summed E-state index contributed by atoms with van der Waals surface area (Å²) in [7, 11) is 9.71. The van der Waals surface area contributed by atoms with Gasteiger partial charge in [0.1, 0.15) is 66.2 Å². The highest BCUT2D eigenvalue weighted by Gasteiger charge is 2.46. The summed E-state index contributed by atoms with van der Waals surface area (Å²) >= 11 is 0. The van der Waals surface area contributed by atoms with Crippen molar-refractivity contribution in [1.82, 2.24) is 65.5 Å². The van der Waals surface area contributed by atoms with Gasteiger partial charge < -0.3 is 70.8 Å². The maximum absolute atomic E-state index is 15.4. The number of imidazole rings is 1. The molecule has 0 aliphatic carbocycles. The number of amides is 11. The van der Waals surface area contributed by atoms with Crippen molar-refractivity contribution in [3.05, 3.63) is 29.6 Å². The average molecular weight is 1320 g/mol. The summed E-state index contributed by atoms with van der Waals surface area (Å²) in [6, 6.07) is -8.63. The van der Waals surface area contributed by atoms with E-state index in [1.807, 2.05) is 55.4 Å². The Labute approximate surface area is 555 Å². The third kappa shape index (κ3) is 20.9. The quantitative estimate of drug-likeness (QED) is 0.127. The average Bonchev–Trinajstić information content (AvgIpc) is 0.992. The highest BCUT2D eigenvalue weighted by Crippen LogP contribution is 2.27. The Balaban J connectivity index is 2.33. The van der Waals surface area contributed by atoms with Gasteiger partial charge in [0, 0.05) is 55.8 Å². The van der Waals surface area contributed by atoms with Gasteiger partial charge in [0.2, 0.25) is 65.0 Å². The van der Waals surface area contributed by atoms with Gasteiger partial charge in [0.15, 0.2) is 0 Å². The molecule has 7 N–H and O–H groups in total. The van der Waals surface area contributed by atoms with E-state index < -0.39 is 162 Å². The molecular formula is C67H111N13O14. The SMILES string of the molecule is CCC1NC(=O)C(C(O)C(C)Cc2nc3ccc(C(=O)O)cc3[nH]2)N(C)C(=O)C(C(C)C)N(C)C(=O)C(CC(C)C)N(C)C(=O)C(CC(C)C)N(C)C(=O)C(C)NC(=O)C(C)NC(=O)C(CC(C)C)N(C)C(=O)C(C(C)C)NC(=O)C(CC(C)C)N(C)C(=O)CN(C)C1=O. The molecule has 0 saturated carbocycles. The van der Waals surface area contributed by atoms with Crippen LogP contribution in [0.3, 0.4) is 0 Å². The number of aromatic carboxylic acids is 1. The molecule has 12 atom stereocenters. The van der Waals surface area contributed by atoms with Crippen LogP contribution in [0.2, 0.25) is 0 Å². The molecule has 1 saturated heterocycles. The topological polar surface area (TPSA) is 345 Å². The van der Waals surface area contributed by atoms with E-state index in [1.54, 1.807) is 41.5 Å². The van der Waals surface area contributed by atoms with E-state index in [4.69, 9.17) is 0 Å². The number of H-pyrrole nitrogens is 1. The van der Waals surface area contributed by atoms with Crippen molar-refractivity contribution in [1.29, 1.82) is 0 Å². The zero-order valence-corrected chi connectivity index (χ0v) is 59.9. The molecule has 27 heteroatoms. The summed E-state index contributed by atoms with van der Waals surface area (Å²) < 4.78 is 0. The van der Waals surface area contributed by atoms with Crippen LogP contribution in [0, 0.1) is 41.4 Å². The highest BCUT2D eigenvalue weighted by atomic mass is 16.4. The number of aromatic amines is 1. The van der Waals surface area contributed by atoms with Gasteiger partial charge in [-0.15, -0.1) is 0 Å². The van der Waals surface area contributed by atoms with E-state index >= 15 is 19.2 Å². The maximum Gasteiger partial charge on any atom is 0.335 e. The minimum absolute atomic E-state index is 0.000148. The summed E-state index contributed by atoms with van der Waals surface area (Å²) in [5.74, 6) is -11.6. The highest BCUT2D eigenvalue weighted by molar-refractivity contribution is 6.00. The molecule has 0 bridgehead atoms. The van der Waals surface area contributed by atoms with E-state index in [-0.39, 0.29) is 67.8 Å². The summed E-state index contributed by atoms with van der Waals surface area (Å²) in [6.07, 6.45) is -1.32. The molecule has 1 aliphatic rings. The lowest BCUT2D eigenvalue weighted by atomic mass is 9.91. The van der Waals surface area contributed by atoms with Gasteiger partial charge in [-0.2, -0.15) is 0 Å². The van der Waals surface area contributed by atoms with Crippen molar-refractivity contribution in [3.8, 4) is 0 Å². The molecule has 11 amide bonds. The first kappa shape index (κ1) is 80.5. The number of likely N-dealkylation sites (N-methyl/N-ethyl adjacent to an activating group) is 7. The first-order chi connectivity index (χ1) is 43.5. The minimum Gasteiger partial charge on any atom is -0.478 e. The number of carboxylic acid groups (broad SMARTS) is 1. The second kappa shape index (κ2) is 35.2. The Bertz CT molecular complexity index is 3020. The van der Waals surface area contributed by atoms with Crippen LogP contribution in [0.4, 0.5) is 0 Å².